The molecule has 0 spiro atoms. The molecule has 1 amide bonds. The minimum Gasteiger partial charge on any atom is -0.497 e. The van der Waals surface area contributed by atoms with Gasteiger partial charge >= 0.3 is 0 Å². The van der Waals surface area contributed by atoms with Crippen LogP contribution in [-0.2, 0) is 27.8 Å². The minimum absolute atomic E-state index is 0.00881. The number of oxime groups is 1. The Labute approximate surface area is 262 Å². The van der Waals surface area contributed by atoms with Crippen molar-refractivity contribution in [2.45, 2.75) is 44.9 Å². The maximum atomic E-state index is 14.0. The van der Waals surface area contributed by atoms with E-state index in [2.05, 4.69) is 15.8 Å². The molecule has 0 radical (unpaired) electrons. The van der Waals surface area contributed by atoms with Gasteiger partial charge in [0.15, 0.2) is 0 Å². The van der Waals surface area contributed by atoms with E-state index in [-0.39, 0.29) is 36.4 Å². The molecule has 13 heteroatoms. The van der Waals surface area contributed by atoms with Crippen molar-refractivity contribution in [1.82, 2.24) is 10.6 Å². The molecule has 242 valence electrons. The average molecular weight is 645 g/mol. The molecule has 1 aliphatic heterocycles. The zero-order valence-corrected chi connectivity index (χ0v) is 26.2. The molecule has 1 aliphatic rings. The molecule has 1 fully saturated rings. The van der Waals surface area contributed by atoms with Crippen LogP contribution >= 0.6 is 0 Å². The number of aliphatic hydroxyl groups is 1. The lowest BCUT2D eigenvalue weighted by molar-refractivity contribution is 0.0830. The van der Waals surface area contributed by atoms with E-state index < -0.39 is 39.7 Å². The van der Waals surface area contributed by atoms with Crippen LogP contribution < -0.4 is 19.7 Å². The van der Waals surface area contributed by atoms with Crippen molar-refractivity contribution in [3.63, 3.8) is 0 Å². The van der Waals surface area contributed by atoms with Gasteiger partial charge in [0.1, 0.15) is 24.5 Å². The fraction of sp³-hybridized carbons (Fsp3) is 0.375. The Balaban J connectivity index is 1.61. The highest BCUT2D eigenvalue weighted by molar-refractivity contribution is 7.92. The van der Waals surface area contributed by atoms with Crippen LogP contribution in [0.25, 0.3) is 0 Å². The molecule has 1 saturated heterocycles. The summed E-state index contributed by atoms with van der Waals surface area (Å²) in [6.45, 7) is 2.35. The summed E-state index contributed by atoms with van der Waals surface area (Å²) in [7, 11) is -0.655. The van der Waals surface area contributed by atoms with Gasteiger partial charge in [-0.2, -0.15) is 0 Å². The highest BCUT2D eigenvalue weighted by Crippen LogP contribution is 2.27. The summed E-state index contributed by atoms with van der Waals surface area (Å²) >= 11 is 0. The number of nitrogens with one attached hydrogen (secondary N) is 2. The lowest BCUT2D eigenvalue weighted by Crippen LogP contribution is -2.48. The molecule has 10 nitrogen and oxygen atoms in total. The van der Waals surface area contributed by atoms with Crippen molar-refractivity contribution in [2.75, 3.05) is 37.4 Å². The fourth-order valence-electron chi connectivity index (χ4n) is 5.17. The molecular formula is C32H38F2N4O6S. The molecule has 45 heavy (non-hydrogen) atoms. The molecule has 0 saturated carbocycles. The summed E-state index contributed by atoms with van der Waals surface area (Å²) in [4.78, 5) is 18.6. The standard InChI is InChI=1S/C32H38F2N4O6S/c1-21(37-44-3)24-15-25(17-28(16-24)38-9-4-5-10-45(38,41)42)32(40)36-30(14-23-11-26(33)18-27(34)12-23)31(39)20-35-19-22-7-6-8-29(13-22)43-2/h6-8,11-13,15-18,30-31,35,39H,4-5,9-10,14,19-20H2,1-3H3,(H,36,40)/b37-21+/t30-,31+/m0/s1. The fourth-order valence-corrected chi connectivity index (χ4v) is 6.79. The number of rotatable bonds is 13. The largest absolute Gasteiger partial charge is 0.497 e. The first kappa shape index (κ1) is 33.8. The van der Waals surface area contributed by atoms with Gasteiger partial charge in [-0.25, -0.2) is 17.2 Å². The maximum absolute atomic E-state index is 14.0. The van der Waals surface area contributed by atoms with Gasteiger partial charge in [-0.1, -0.05) is 17.3 Å². The first-order valence-electron chi connectivity index (χ1n) is 14.5. The second kappa shape index (κ2) is 15.3. The summed E-state index contributed by atoms with van der Waals surface area (Å²) in [5, 5.41) is 21.1. The zero-order valence-electron chi connectivity index (χ0n) is 25.4. The number of hydrogen-bond donors (Lipinski definition) is 3. The molecule has 0 aromatic heterocycles. The monoisotopic (exact) mass is 644 g/mol. The molecule has 3 aromatic carbocycles. The van der Waals surface area contributed by atoms with Crippen LogP contribution in [0.15, 0.2) is 65.8 Å². The van der Waals surface area contributed by atoms with Crippen molar-refractivity contribution in [3.8, 4) is 5.75 Å². The van der Waals surface area contributed by atoms with Crippen LogP contribution in [-0.4, -0.2) is 70.4 Å². The van der Waals surface area contributed by atoms with Crippen molar-refractivity contribution in [3.05, 3.63) is 94.6 Å². The predicted molar refractivity (Wildman–Crippen MR) is 168 cm³/mol. The van der Waals surface area contributed by atoms with E-state index in [1.165, 1.54) is 17.5 Å². The Morgan fingerprint density at radius 2 is 1.76 bits per heavy atom. The van der Waals surface area contributed by atoms with E-state index in [0.29, 0.717) is 42.1 Å². The Kier molecular flexibility index (Phi) is 11.5. The zero-order chi connectivity index (χ0) is 32.6. The van der Waals surface area contributed by atoms with E-state index in [1.54, 1.807) is 26.2 Å². The van der Waals surface area contributed by atoms with Crippen LogP contribution in [0.1, 0.15) is 46.8 Å². The topological polar surface area (TPSA) is 130 Å². The van der Waals surface area contributed by atoms with Gasteiger partial charge in [0.2, 0.25) is 10.0 Å². The number of carbonyl (C=O) groups excluding carboxylic acids is 1. The first-order chi connectivity index (χ1) is 21.5. The Morgan fingerprint density at radius 3 is 2.44 bits per heavy atom. The van der Waals surface area contributed by atoms with Gasteiger partial charge in [-0.15, -0.1) is 0 Å². The van der Waals surface area contributed by atoms with Crippen molar-refractivity contribution >= 4 is 27.3 Å². The van der Waals surface area contributed by atoms with E-state index in [1.807, 2.05) is 24.3 Å². The van der Waals surface area contributed by atoms with Gasteiger partial charge in [0, 0.05) is 36.8 Å². The van der Waals surface area contributed by atoms with Crippen LogP contribution in [0.4, 0.5) is 14.5 Å². The van der Waals surface area contributed by atoms with Crippen molar-refractivity contribution < 1.29 is 36.7 Å². The predicted octanol–water partition coefficient (Wildman–Crippen LogP) is 3.77. The lowest BCUT2D eigenvalue weighted by atomic mass is 9.99. The first-order valence-corrected chi connectivity index (χ1v) is 16.1. The Hall–Kier alpha value is -4.07. The number of amides is 1. The second-order valence-electron chi connectivity index (χ2n) is 10.8. The molecule has 4 rings (SSSR count). The number of methoxy groups -OCH3 is 1. The van der Waals surface area contributed by atoms with Gasteiger partial charge in [0.25, 0.3) is 5.91 Å². The third kappa shape index (κ3) is 9.22. The van der Waals surface area contributed by atoms with E-state index in [4.69, 9.17) is 9.57 Å². The van der Waals surface area contributed by atoms with Gasteiger partial charge in [-0.05, 0) is 79.8 Å². The molecule has 3 N–H and O–H groups in total. The number of aliphatic hydroxyl groups excluding tert-OH is 1. The van der Waals surface area contributed by atoms with E-state index in [9.17, 15) is 27.1 Å². The van der Waals surface area contributed by atoms with E-state index >= 15 is 0 Å². The molecule has 3 aromatic rings. The van der Waals surface area contributed by atoms with E-state index in [0.717, 1.165) is 23.8 Å². The van der Waals surface area contributed by atoms with Crippen LogP contribution in [0.5, 0.6) is 5.75 Å². The summed E-state index contributed by atoms with van der Waals surface area (Å²) < 4.78 is 60.4. The Morgan fingerprint density at radius 1 is 1.02 bits per heavy atom. The van der Waals surface area contributed by atoms with Crippen molar-refractivity contribution in [2.24, 2.45) is 5.16 Å². The number of carbonyl (C=O) groups is 1. The summed E-state index contributed by atoms with van der Waals surface area (Å²) in [5.41, 5.74) is 2.43. The second-order valence-corrected chi connectivity index (χ2v) is 12.8. The SMILES string of the molecule is CO/N=C(\C)c1cc(C(=O)N[C@@H](Cc2cc(F)cc(F)c2)[C@H](O)CNCc2cccc(OC)c2)cc(N2CCCCS2(=O)=O)c1. The molecule has 2 atom stereocenters. The third-order valence-electron chi connectivity index (χ3n) is 7.44. The lowest BCUT2D eigenvalue weighted by Gasteiger charge is -2.29. The molecule has 0 aliphatic carbocycles. The summed E-state index contributed by atoms with van der Waals surface area (Å²) in [5.74, 6) is -1.52. The van der Waals surface area contributed by atoms with Crippen molar-refractivity contribution in [1.29, 1.82) is 0 Å². The molecule has 0 bridgehead atoms. The number of benzene rings is 3. The van der Waals surface area contributed by atoms with Gasteiger partial charge < -0.3 is 25.3 Å². The Bertz CT molecular complexity index is 1620. The normalized spacial score (nSPS) is 16.1. The number of halogens is 2. The number of ether oxygens (including phenoxy) is 1. The quantitative estimate of drug-likeness (QED) is 0.191. The highest BCUT2D eigenvalue weighted by Gasteiger charge is 2.28. The van der Waals surface area contributed by atoms with Crippen LogP contribution in [0.2, 0.25) is 0 Å². The molecule has 1 heterocycles. The number of hydrogen-bond acceptors (Lipinski definition) is 8. The molecule has 0 unspecified atom stereocenters. The minimum atomic E-state index is -3.59. The average Bonchev–Trinajstić information content (AvgIpc) is 3.00. The smallest absolute Gasteiger partial charge is 0.251 e. The third-order valence-corrected chi connectivity index (χ3v) is 9.31. The number of nitrogens with zero attached hydrogens (tertiary/aromatic N) is 2. The summed E-state index contributed by atoms with van der Waals surface area (Å²) in [6, 6.07) is 14.1. The number of sulfonamides is 1. The number of anilines is 1. The molecular weight excluding hydrogens is 606 g/mol. The van der Waals surface area contributed by atoms with Crippen LogP contribution in [0, 0.1) is 11.6 Å². The maximum Gasteiger partial charge on any atom is 0.251 e. The summed E-state index contributed by atoms with van der Waals surface area (Å²) in [6.07, 6.45) is -0.0492. The van der Waals surface area contributed by atoms with Gasteiger partial charge in [-0.3, -0.25) is 9.10 Å². The van der Waals surface area contributed by atoms with Gasteiger partial charge in [0.05, 0.1) is 36.4 Å². The van der Waals surface area contributed by atoms with Crippen LogP contribution in [0.3, 0.4) is 0 Å². The highest BCUT2D eigenvalue weighted by atomic mass is 32.2.